The molecule has 1 saturated heterocycles. The van der Waals surface area contributed by atoms with Crippen molar-refractivity contribution in [2.45, 2.75) is 50.4 Å². The molecule has 2 N–H and O–H groups in total. The number of likely N-dealkylation sites (tertiary alicyclic amines) is 1. The smallest absolute Gasteiger partial charge is 0.380 e. The van der Waals surface area contributed by atoms with E-state index >= 15 is 0 Å². The van der Waals surface area contributed by atoms with Crippen LogP contribution in [0, 0.1) is 0 Å². The zero-order chi connectivity index (χ0) is 23.7. The maximum absolute atomic E-state index is 13.4. The van der Waals surface area contributed by atoms with Crippen molar-refractivity contribution >= 4 is 11.8 Å². The van der Waals surface area contributed by atoms with Gasteiger partial charge in [0.25, 0.3) is 0 Å². The molecule has 184 valence electrons. The summed E-state index contributed by atoms with van der Waals surface area (Å²) < 4.78 is 52.7. The Bertz CT molecular complexity index is 1010. The Morgan fingerprint density at radius 2 is 2.06 bits per heavy atom. The SMILES string of the molecule is FCCCN1CCC(Nc2ccc(C3c4[nH]c5c(c4CCN3CC(F)(F)F)C=CCC5)nc2)C1. The number of aromatic nitrogens is 2. The Kier molecular flexibility index (Phi) is 6.66. The topological polar surface area (TPSA) is 47.2 Å². The Morgan fingerprint density at radius 1 is 1.18 bits per heavy atom. The van der Waals surface area contributed by atoms with E-state index < -0.39 is 18.8 Å². The van der Waals surface area contributed by atoms with Crippen molar-refractivity contribution in [1.82, 2.24) is 19.8 Å². The molecule has 2 unspecified atom stereocenters. The first-order chi connectivity index (χ1) is 16.4. The van der Waals surface area contributed by atoms with Crippen LogP contribution in [0.3, 0.4) is 0 Å². The highest BCUT2D eigenvalue weighted by atomic mass is 19.4. The molecule has 2 aliphatic heterocycles. The highest BCUT2D eigenvalue weighted by Gasteiger charge is 2.40. The molecule has 0 amide bonds. The molecule has 1 aliphatic carbocycles. The van der Waals surface area contributed by atoms with E-state index in [0.29, 0.717) is 25.1 Å². The number of hydrogen-bond donors (Lipinski definition) is 2. The number of aryl methyl sites for hydroxylation is 1. The van der Waals surface area contributed by atoms with Gasteiger partial charge in [-0.1, -0.05) is 12.2 Å². The highest BCUT2D eigenvalue weighted by Crippen LogP contribution is 2.40. The van der Waals surface area contributed by atoms with Crippen molar-refractivity contribution < 1.29 is 17.6 Å². The molecular weight excluding hydrogens is 446 g/mol. The first-order valence-electron chi connectivity index (χ1n) is 12.1. The van der Waals surface area contributed by atoms with Crippen molar-refractivity contribution in [1.29, 1.82) is 0 Å². The van der Waals surface area contributed by atoms with Crippen LogP contribution in [0.4, 0.5) is 23.2 Å². The minimum atomic E-state index is -4.28. The van der Waals surface area contributed by atoms with Gasteiger partial charge in [0.15, 0.2) is 0 Å². The average molecular weight is 478 g/mol. The minimum Gasteiger partial charge on any atom is -0.380 e. The number of halogens is 4. The molecular formula is C25H31F4N5. The van der Waals surface area contributed by atoms with E-state index in [2.05, 4.69) is 32.3 Å². The summed E-state index contributed by atoms with van der Waals surface area (Å²) in [4.78, 5) is 11.8. The van der Waals surface area contributed by atoms with Gasteiger partial charge in [0.2, 0.25) is 0 Å². The molecule has 2 aromatic rings. The molecule has 3 aliphatic rings. The molecule has 0 bridgehead atoms. The van der Waals surface area contributed by atoms with E-state index in [1.165, 1.54) is 4.90 Å². The first kappa shape index (κ1) is 23.4. The average Bonchev–Trinajstić information content (AvgIpc) is 3.41. The number of rotatable bonds is 7. The van der Waals surface area contributed by atoms with Gasteiger partial charge in [-0.25, -0.2) is 0 Å². The van der Waals surface area contributed by atoms with Crippen LogP contribution < -0.4 is 5.32 Å². The summed E-state index contributed by atoms with van der Waals surface area (Å²) in [5, 5.41) is 3.48. The van der Waals surface area contributed by atoms with E-state index in [1.807, 2.05) is 12.1 Å². The number of allylic oxidation sites excluding steroid dienone is 1. The van der Waals surface area contributed by atoms with Crippen LogP contribution in [-0.2, 0) is 12.8 Å². The summed E-state index contributed by atoms with van der Waals surface area (Å²) in [6.07, 6.45) is 5.62. The van der Waals surface area contributed by atoms with Crippen LogP contribution in [0.25, 0.3) is 6.08 Å². The van der Waals surface area contributed by atoms with Gasteiger partial charge in [-0.2, -0.15) is 13.2 Å². The van der Waals surface area contributed by atoms with Crippen LogP contribution in [-0.4, -0.2) is 71.4 Å². The van der Waals surface area contributed by atoms with Gasteiger partial charge in [0.1, 0.15) is 0 Å². The third kappa shape index (κ3) is 5.00. The molecule has 34 heavy (non-hydrogen) atoms. The molecule has 0 radical (unpaired) electrons. The molecule has 1 fully saturated rings. The van der Waals surface area contributed by atoms with Crippen LogP contribution in [0.15, 0.2) is 24.4 Å². The largest absolute Gasteiger partial charge is 0.401 e. The summed E-state index contributed by atoms with van der Waals surface area (Å²) in [5.41, 5.74) is 5.71. The van der Waals surface area contributed by atoms with E-state index in [0.717, 1.165) is 67.1 Å². The fourth-order valence-corrected chi connectivity index (χ4v) is 5.59. The number of fused-ring (bicyclic) bond motifs is 3. The quantitative estimate of drug-likeness (QED) is 0.567. The predicted molar refractivity (Wildman–Crippen MR) is 125 cm³/mol. The second kappa shape index (κ2) is 9.70. The van der Waals surface area contributed by atoms with Gasteiger partial charge in [-0.15, -0.1) is 0 Å². The van der Waals surface area contributed by atoms with Gasteiger partial charge in [0, 0.05) is 43.6 Å². The summed E-state index contributed by atoms with van der Waals surface area (Å²) in [7, 11) is 0. The number of nitrogens with zero attached hydrogens (tertiary/aromatic N) is 3. The second-order valence-electron chi connectivity index (χ2n) is 9.53. The molecule has 2 aromatic heterocycles. The Hall–Kier alpha value is -2.39. The van der Waals surface area contributed by atoms with Crippen molar-refractivity contribution in [2.75, 3.05) is 44.7 Å². The van der Waals surface area contributed by atoms with E-state index in [1.54, 1.807) is 6.20 Å². The van der Waals surface area contributed by atoms with Gasteiger partial charge in [-0.3, -0.25) is 14.3 Å². The third-order valence-corrected chi connectivity index (χ3v) is 7.09. The van der Waals surface area contributed by atoms with Crippen LogP contribution in [0.2, 0.25) is 0 Å². The number of pyridine rings is 1. The number of nitrogens with one attached hydrogen (secondary N) is 2. The van der Waals surface area contributed by atoms with E-state index in [-0.39, 0.29) is 12.7 Å². The zero-order valence-corrected chi connectivity index (χ0v) is 19.2. The normalized spacial score (nSPS) is 23.2. The molecule has 5 rings (SSSR count). The van der Waals surface area contributed by atoms with Gasteiger partial charge < -0.3 is 15.2 Å². The molecule has 0 aromatic carbocycles. The van der Waals surface area contributed by atoms with Crippen LogP contribution >= 0.6 is 0 Å². The number of H-pyrrole nitrogens is 1. The predicted octanol–water partition coefficient (Wildman–Crippen LogP) is 4.72. The lowest BCUT2D eigenvalue weighted by molar-refractivity contribution is -0.150. The van der Waals surface area contributed by atoms with Crippen molar-refractivity contribution in [3.8, 4) is 0 Å². The Labute approximate surface area is 197 Å². The van der Waals surface area contributed by atoms with Crippen molar-refractivity contribution in [2.24, 2.45) is 0 Å². The first-order valence-corrected chi connectivity index (χ1v) is 12.1. The van der Waals surface area contributed by atoms with E-state index in [4.69, 9.17) is 0 Å². The summed E-state index contributed by atoms with van der Waals surface area (Å²) in [5.74, 6) is 0. The molecule has 9 heteroatoms. The lowest BCUT2D eigenvalue weighted by Crippen LogP contribution is -2.42. The molecule has 0 spiro atoms. The lowest BCUT2D eigenvalue weighted by Gasteiger charge is -2.36. The Morgan fingerprint density at radius 3 is 2.82 bits per heavy atom. The van der Waals surface area contributed by atoms with Gasteiger partial charge in [-0.05, 0) is 55.4 Å². The van der Waals surface area contributed by atoms with E-state index in [9.17, 15) is 17.6 Å². The van der Waals surface area contributed by atoms with Crippen molar-refractivity contribution in [3.63, 3.8) is 0 Å². The van der Waals surface area contributed by atoms with Gasteiger partial charge in [0.05, 0.1) is 36.8 Å². The fourth-order valence-electron chi connectivity index (χ4n) is 5.59. The minimum absolute atomic E-state index is 0.261. The number of aromatic amines is 1. The van der Waals surface area contributed by atoms with Crippen LogP contribution in [0.1, 0.15) is 53.5 Å². The Balaban J connectivity index is 1.36. The monoisotopic (exact) mass is 477 g/mol. The summed E-state index contributed by atoms with van der Waals surface area (Å²) in [6, 6.07) is 3.46. The molecule has 2 atom stereocenters. The number of anilines is 1. The molecule has 4 heterocycles. The third-order valence-electron chi connectivity index (χ3n) is 7.09. The summed E-state index contributed by atoms with van der Waals surface area (Å²) >= 11 is 0. The molecule has 5 nitrogen and oxygen atoms in total. The summed E-state index contributed by atoms with van der Waals surface area (Å²) in [6.45, 7) is 1.64. The number of hydrogen-bond acceptors (Lipinski definition) is 4. The van der Waals surface area contributed by atoms with Crippen LogP contribution in [0.5, 0.6) is 0 Å². The van der Waals surface area contributed by atoms with Crippen molar-refractivity contribution in [3.05, 3.63) is 52.6 Å². The highest BCUT2D eigenvalue weighted by molar-refractivity contribution is 5.62. The standard InChI is InChI=1S/C25H31F4N5/c26-10-3-11-33-12-8-18(15-33)31-17-6-7-22(30-14-17)24-23-20(9-13-34(24)16-25(27,28)29)19-4-1-2-5-21(19)32-23/h1,4,6-7,14,18,24,31-32H,2-3,5,8-13,15-16H2. The zero-order valence-electron chi connectivity index (χ0n) is 19.2. The maximum Gasteiger partial charge on any atom is 0.401 e. The lowest BCUT2D eigenvalue weighted by atomic mass is 9.92. The molecule has 0 saturated carbocycles. The second-order valence-corrected chi connectivity index (χ2v) is 9.53. The fraction of sp³-hybridized carbons (Fsp3) is 0.560. The maximum atomic E-state index is 13.4. The number of alkyl halides is 4. The van der Waals surface area contributed by atoms with Gasteiger partial charge >= 0.3 is 6.18 Å².